The van der Waals surface area contributed by atoms with Crippen molar-refractivity contribution in [2.75, 3.05) is 36.4 Å². The van der Waals surface area contributed by atoms with Gasteiger partial charge in [0, 0.05) is 19.5 Å². The second-order valence-electron chi connectivity index (χ2n) is 6.18. The van der Waals surface area contributed by atoms with Gasteiger partial charge in [-0.1, -0.05) is 12.1 Å². The summed E-state index contributed by atoms with van der Waals surface area (Å²) in [6.45, 7) is 4.21. The van der Waals surface area contributed by atoms with Crippen LogP contribution >= 0.6 is 24.8 Å². The van der Waals surface area contributed by atoms with Gasteiger partial charge < -0.3 is 15.5 Å². The standard InChI is InChI=1S/C17H25N3O.2ClH/c21-17(12-14-8-9-18-13-14)19-15-6-2-3-7-16(15)20-10-4-1-5-11-20;;/h2-3,6-7,14,18H,1,4-5,8-13H2,(H,19,21);2*1H. The molecule has 2 heterocycles. The summed E-state index contributed by atoms with van der Waals surface area (Å²) in [6, 6.07) is 8.20. The molecule has 130 valence electrons. The summed E-state index contributed by atoms with van der Waals surface area (Å²) in [5, 5.41) is 6.44. The zero-order valence-electron chi connectivity index (χ0n) is 13.4. The predicted molar refractivity (Wildman–Crippen MR) is 101 cm³/mol. The van der Waals surface area contributed by atoms with Gasteiger partial charge in [-0.2, -0.15) is 0 Å². The Hall–Kier alpha value is -0.970. The Kier molecular flexibility index (Phi) is 8.74. The lowest BCUT2D eigenvalue weighted by molar-refractivity contribution is -0.116. The Labute approximate surface area is 151 Å². The molecular formula is C17H27Cl2N3O. The molecule has 2 N–H and O–H groups in total. The number of nitrogens with zero attached hydrogens (tertiary/aromatic N) is 1. The smallest absolute Gasteiger partial charge is 0.224 e. The van der Waals surface area contributed by atoms with Crippen LogP contribution in [0, 0.1) is 5.92 Å². The molecule has 1 unspecified atom stereocenters. The largest absolute Gasteiger partial charge is 0.370 e. The molecule has 0 spiro atoms. The first-order valence-corrected chi connectivity index (χ1v) is 8.17. The van der Waals surface area contributed by atoms with E-state index in [1.54, 1.807) is 0 Å². The molecule has 3 rings (SSSR count). The van der Waals surface area contributed by atoms with Gasteiger partial charge in [-0.3, -0.25) is 4.79 Å². The number of hydrogen-bond acceptors (Lipinski definition) is 3. The molecule has 6 heteroatoms. The Morgan fingerprint density at radius 3 is 2.61 bits per heavy atom. The average Bonchev–Trinajstić information content (AvgIpc) is 3.01. The van der Waals surface area contributed by atoms with Gasteiger partial charge in [0.1, 0.15) is 0 Å². The Bertz CT molecular complexity index is 486. The van der Waals surface area contributed by atoms with Gasteiger partial charge in [0.2, 0.25) is 5.91 Å². The SMILES string of the molecule is Cl.Cl.O=C(CC1CCNC1)Nc1ccccc1N1CCCCC1. The lowest BCUT2D eigenvalue weighted by Crippen LogP contribution is -2.30. The highest BCUT2D eigenvalue weighted by Gasteiger charge is 2.20. The van der Waals surface area contributed by atoms with Crippen LogP contribution in [0.2, 0.25) is 0 Å². The maximum atomic E-state index is 12.2. The Balaban J connectivity index is 0.00000132. The van der Waals surface area contributed by atoms with Gasteiger partial charge in [0.05, 0.1) is 11.4 Å². The van der Waals surface area contributed by atoms with Crippen molar-refractivity contribution in [3.8, 4) is 0 Å². The summed E-state index contributed by atoms with van der Waals surface area (Å²) in [6.07, 6.45) is 5.55. The van der Waals surface area contributed by atoms with Gasteiger partial charge in [0.25, 0.3) is 0 Å². The van der Waals surface area contributed by atoms with E-state index in [4.69, 9.17) is 0 Å². The van der Waals surface area contributed by atoms with Crippen LogP contribution in [-0.4, -0.2) is 32.1 Å². The summed E-state index contributed by atoms with van der Waals surface area (Å²) in [5.74, 6) is 0.639. The van der Waals surface area contributed by atoms with E-state index >= 15 is 0 Å². The molecule has 23 heavy (non-hydrogen) atoms. The zero-order chi connectivity index (χ0) is 14.5. The minimum atomic E-state index is 0. The number of carbonyl (C=O) groups is 1. The van der Waals surface area contributed by atoms with Gasteiger partial charge in [0.15, 0.2) is 0 Å². The van der Waals surface area contributed by atoms with Crippen LogP contribution in [-0.2, 0) is 4.79 Å². The molecule has 2 fully saturated rings. The quantitative estimate of drug-likeness (QED) is 0.864. The van der Waals surface area contributed by atoms with Crippen LogP contribution in [0.25, 0.3) is 0 Å². The second-order valence-corrected chi connectivity index (χ2v) is 6.18. The number of piperidine rings is 1. The minimum absolute atomic E-state index is 0. The van der Waals surface area contributed by atoms with E-state index in [0.717, 1.165) is 38.3 Å². The molecule has 0 saturated carbocycles. The van der Waals surface area contributed by atoms with Crippen molar-refractivity contribution in [3.63, 3.8) is 0 Å². The summed E-state index contributed by atoms with van der Waals surface area (Å²) in [5.41, 5.74) is 2.14. The number of para-hydroxylation sites is 2. The molecule has 2 aliphatic rings. The number of nitrogens with one attached hydrogen (secondary N) is 2. The number of rotatable bonds is 4. The van der Waals surface area contributed by atoms with Crippen molar-refractivity contribution < 1.29 is 4.79 Å². The maximum absolute atomic E-state index is 12.2. The first kappa shape index (κ1) is 20.1. The van der Waals surface area contributed by atoms with E-state index in [1.807, 2.05) is 12.1 Å². The second kappa shape index (κ2) is 10.0. The monoisotopic (exact) mass is 359 g/mol. The average molecular weight is 360 g/mol. The molecule has 0 aromatic heterocycles. The molecule has 0 aliphatic carbocycles. The zero-order valence-corrected chi connectivity index (χ0v) is 15.1. The van der Waals surface area contributed by atoms with Crippen molar-refractivity contribution in [1.29, 1.82) is 0 Å². The fourth-order valence-corrected chi connectivity index (χ4v) is 3.34. The number of benzene rings is 1. The fourth-order valence-electron chi connectivity index (χ4n) is 3.34. The van der Waals surface area contributed by atoms with Crippen LogP contribution in [0.15, 0.2) is 24.3 Å². The summed E-state index contributed by atoms with van der Waals surface area (Å²) >= 11 is 0. The van der Waals surface area contributed by atoms with Crippen molar-refractivity contribution in [1.82, 2.24) is 5.32 Å². The number of amides is 1. The molecule has 4 nitrogen and oxygen atoms in total. The molecule has 2 aliphatic heterocycles. The molecule has 2 saturated heterocycles. The summed E-state index contributed by atoms with van der Waals surface area (Å²) < 4.78 is 0. The van der Waals surface area contributed by atoms with Crippen LogP contribution < -0.4 is 15.5 Å². The maximum Gasteiger partial charge on any atom is 0.224 e. The molecular weight excluding hydrogens is 333 g/mol. The van der Waals surface area contributed by atoms with Crippen LogP contribution in [0.4, 0.5) is 11.4 Å². The van der Waals surface area contributed by atoms with E-state index in [1.165, 1.54) is 24.9 Å². The number of halogens is 2. The summed E-state index contributed by atoms with van der Waals surface area (Å²) in [7, 11) is 0. The topological polar surface area (TPSA) is 44.4 Å². The van der Waals surface area contributed by atoms with E-state index < -0.39 is 0 Å². The van der Waals surface area contributed by atoms with Crippen molar-refractivity contribution in [2.45, 2.75) is 32.1 Å². The lowest BCUT2D eigenvalue weighted by Gasteiger charge is -2.30. The van der Waals surface area contributed by atoms with Crippen molar-refractivity contribution >= 4 is 42.1 Å². The van der Waals surface area contributed by atoms with Crippen LogP contribution in [0.1, 0.15) is 32.1 Å². The molecule has 1 aromatic carbocycles. The van der Waals surface area contributed by atoms with Gasteiger partial charge >= 0.3 is 0 Å². The minimum Gasteiger partial charge on any atom is -0.370 e. The van der Waals surface area contributed by atoms with Crippen molar-refractivity contribution in [2.24, 2.45) is 5.92 Å². The van der Waals surface area contributed by atoms with E-state index in [-0.39, 0.29) is 30.7 Å². The molecule has 1 atom stereocenters. The van der Waals surface area contributed by atoms with E-state index in [9.17, 15) is 4.79 Å². The van der Waals surface area contributed by atoms with E-state index in [0.29, 0.717) is 12.3 Å². The van der Waals surface area contributed by atoms with Crippen LogP contribution in [0.5, 0.6) is 0 Å². The Morgan fingerprint density at radius 2 is 1.91 bits per heavy atom. The molecule has 0 bridgehead atoms. The highest BCUT2D eigenvalue weighted by Crippen LogP contribution is 2.28. The van der Waals surface area contributed by atoms with Crippen LogP contribution in [0.3, 0.4) is 0 Å². The first-order chi connectivity index (χ1) is 10.3. The third-order valence-corrected chi connectivity index (χ3v) is 4.51. The Morgan fingerprint density at radius 1 is 1.17 bits per heavy atom. The third kappa shape index (κ3) is 5.55. The highest BCUT2D eigenvalue weighted by atomic mass is 35.5. The van der Waals surface area contributed by atoms with E-state index in [2.05, 4.69) is 27.7 Å². The molecule has 0 radical (unpaired) electrons. The molecule has 1 aromatic rings. The van der Waals surface area contributed by atoms with Crippen molar-refractivity contribution in [3.05, 3.63) is 24.3 Å². The van der Waals surface area contributed by atoms with Gasteiger partial charge in [-0.25, -0.2) is 0 Å². The van der Waals surface area contributed by atoms with Gasteiger partial charge in [-0.15, -0.1) is 24.8 Å². The predicted octanol–water partition coefficient (Wildman–Crippen LogP) is 3.46. The number of carbonyl (C=O) groups excluding carboxylic acids is 1. The highest BCUT2D eigenvalue weighted by molar-refractivity contribution is 5.94. The number of hydrogen-bond donors (Lipinski definition) is 2. The lowest BCUT2D eigenvalue weighted by atomic mass is 10.0. The summed E-state index contributed by atoms with van der Waals surface area (Å²) in [4.78, 5) is 14.6. The normalized spacial score (nSPS) is 20.3. The number of anilines is 2. The fraction of sp³-hybridized carbons (Fsp3) is 0.588. The first-order valence-electron chi connectivity index (χ1n) is 8.17. The van der Waals surface area contributed by atoms with Gasteiger partial charge in [-0.05, 0) is 56.8 Å². The molecule has 1 amide bonds. The third-order valence-electron chi connectivity index (χ3n) is 4.51.